The molecule has 1 atom stereocenters. The molecule has 0 saturated carbocycles. The third-order valence-corrected chi connectivity index (χ3v) is 2.72. The van der Waals surface area contributed by atoms with E-state index in [1.165, 1.54) is 23.6 Å². The summed E-state index contributed by atoms with van der Waals surface area (Å²) < 4.78 is 4.82. The Hall–Kier alpha value is -1.65. The van der Waals surface area contributed by atoms with Crippen LogP contribution < -0.4 is 0 Å². The number of carbonyl (C=O) groups is 1. The van der Waals surface area contributed by atoms with Crippen molar-refractivity contribution < 1.29 is 14.6 Å². The number of hydrogen-bond acceptors (Lipinski definition) is 3. The minimum atomic E-state index is -0.660. The van der Waals surface area contributed by atoms with Gasteiger partial charge in [0, 0.05) is 26.8 Å². The lowest BCUT2D eigenvalue weighted by molar-refractivity contribution is -0.126. The van der Waals surface area contributed by atoms with Crippen molar-refractivity contribution in [3.05, 3.63) is 41.5 Å². The topological polar surface area (TPSA) is 49.8 Å². The van der Waals surface area contributed by atoms with Crippen molar-refractivity contribution >= 4 is 12.0 Å². The van der Waals surface area contributed by atoms with Crippen molar-refractivity contribution in [2.45, 2.75) is 13.0 Å². The van der Waals surface area contributed by atoms with Gasteiger partial charge in [-0.25, -0.2) is 0 Å². The fraction of sp³-hybridized carbons (Fsp3) is 0.400. The van der Waals surface area contributed by atoms with Gasteiger partial charge < -0.3 is 14.7 Å². The lowest BCUT2D eigenvalue weighted by atomic mass is 10.1. The standard InChI is InChI=1S/C15H21NO3/c1-12-4-6-13(7-5-12)8-9-15(18)16(2)10-14(17)11-19-3/h4-9,14,17H,10-11H2,1-3H3/b9-8+. The van der Waals surface area contributed by atoms with E-state index in [4.69, 9.17) is 4.74 Å². The van der Waals surface area contributed by atoms with Crippen molar-refractivity contribution in [2.24, 2.45) is 0 Å². The monoisotopic (exact) mass is 263 g/mol. The summed E-state index contributed by atoms with van der Waals surface area (Å²) in [5.41, 5.74) is 2.16. The van der Waals surface area contributed by atoms with Crippen LogP contribution in [0.5, 0.6) is 0 Å². The summed E-state index contributed by atoms with van der Waals surface area (Å²) in [7, 11) is 3.17. The third-order valence-electron chi connectivity index (χ3n) is 2.72. The average molecular weight is 263 g/mol. The van der Waals surface area contributed by atoms with E-state index < -0.39 is 6.10 Å². The van der Waals surface area contributed by atoms with Gasteiger partial charge in [0.15, 0.2) is 0 Å². The molecule has 0 spiro atoms. The van der Waals surface area contributed by atoms with Crippen LogP contribution in [0, 0.1) is 6.92 Å². The number of rotatable bonds is 6. The maximum Gasteiger partial charge on any atom is 0.246 e. The lowest BCUT2D eigenvalue weighted by Crippen LogP contribution is -2.35. The fourth-order valence-electron chi connectivity index (χ4n) is 1.62. The summed E-state index contributed by atoms with van der Waals surface area (Å²) in [6, 6.07) is 7.91. The number of likely N-dealkylation sites (N-methyl/N-ethyl adjacent to an activating group) is 1. The molecule has 0 heterocycles. The molecule has 0 aliphatic rings. The lowest BCUT2D eigenvalue weighted by Gasteiger charge is -2.18. The molecule has 0 radical (unpaired) electrons. The van der Waals surface area contributed by atoms with Crippen LogP contribution in [0.1, 0.15) is 11.1 Å². The van der Waals surface area contributed by atoms with Crippen molar-refractivity contribution in [2.75, 3.05) is 27.3 Å². The van der Waals surface area contributed by atoms with E-state index in [1.54, 1.807) is 13.1 Å². The SMILES string of the molecule is COCC(O)CN(C)C(=O)/C=C/c1ccc(C)cc1. The first-order valence-electron chi connectivity index (χ1n) is 6.19. The number of aryl methyl sites for hydroxylation is 1. The molecule has 0 aliphatic heterocycles. The van der Waals surface area contributed by atoms with Gasteiger partial charge in [-0.15, -0.1) is 0 Å². The highest BCUT2D eigenvalue weighted by atomic mass is 16.5. The number of hydrogen-bond donors (Lipinski definition) is 1. The van der Waals surface area contributed by atoms with Crippen molar-refractivity contribution in [1.82, 2.24) is 4.90 Å². The number of amides is 1. The van der Waals surface area contributed by atoms with Gasteiger partial charge in [-0.2, -0.15) is 0 Å². The van der Waals surface area contributed by atoms with E-state index in [9.17, 15) is 9.90 Å². The van der Waals surface area contributed by atoms with Gasteiger partial charge in [0.1, 0.15) is 0 Å². The molecule has 0 saturated heterocycles. The van der Waals surface area contributed by atoms with E-state index in [2.05, 4.69) is 0 Å². The predicted octanol–water partition coefficient (Wildman–Crippen LogP) is 1.47. The number of methoxy groups -OCH3 is 1. The molecular weight excluding hydrogens is 242 g/mol. The number of aliphatic hydroxyl groups excluding tert-OH is 1. The summed E-state index contributed by atoms with van der Waals surface area (Å²) in [5, 5.41) is 9.54. The van der Waals surface area contributed by atoms with Crippen LogP contribution in [0.4, 0.5) is 0 Å². The molecule has 0 fully saturated rings. The zero-order valence-corrected chi connectivity index (χ0v) is 11.7. The molecule has 104 valence electrons. The highest BCUT2D eigenvalue weighted by Gasteiger charge is 2.10. The quantitative estimate of drug-likeness (QED) is 0.791. The number of ether oxygens (including phenoxy) is 1. The molecule has 1 unspecified atom stereocenters. The van der Waals surface area contributed by atoms with Gasteiger partial charge in [0.25, 0.3) is 0 Å². The summed E-state index contributed by atoms with van der Waals surface area (Å²) in [4.78, 5) is 13.3. The van der Waals surface area contributed by atoms with Gasteiger partial charge in [-0.05, 0) is 18.6 Å². The Bertz CT molecular complexity index is 426. The second-order valence-electron chi connectivity index (χ2n) is 4.57. The van der Waals surface area contributed by atoms with Crippen LogP contribution >= 0.6 is 0 Å². The average Bonchev–Trinajstić information content (AvgIpc) is 2.37. The first-order valence-corrected chi connectivity index (χ1v) is 6.19. The van der Waals surface area contributed by atoms with Crippen molar-refractivity contribution in [3.8, 4) is 0 Å². The summed E-state index contributed by atoms with van der Waals surface area (Å²) in [6.07, 6.45) is 2.61. The summed E-state index contributed by atoms with van der Waals surface area (Å²) >= 11 is 0. The van der Waals surface area contributed by atoms with Crippen LogP contribution in [0.2, 0.25) is 0 Å². The molecular formula is C15H21NO3. The number of nitrogens with zero attached hydrogens (tertiary/aromatic N) is 1. The maximum absolute atomic E-state index is 11.8. The Kier molecular flexibility index (Phi) is 6.25. The smallest absolute Gasteiger partial charge is 0.246 e. The zero-order chi connectivity index (χ0) is 14.3. The third kappa shape index (κ3) is 5.68. The van der Waals surface area contributed by atoms with Gasteiger partial charge in [0.2, 0.25) is 5.91 Å². The van der Waals surface area contributed by atoms with Crippen molar-refractivity contribution in [3.63, 3.8) is 0 Å². The molecule has 1 aromatic carbocycles. The Labute approximate surface area is 114 Å². The summed E-state index contributed by atoms with van der Waals surface area (Å²) in [6.45, 7) is 2.49. The molecule has 4 heteroatoms. The highest BCUT2D eigenvalue weighted by Crippen LogP contribution is 2.05. The van der Waals surface area contributed by atoms with Gasteiger partial charge in [-0.3, -0.25) is 4.79 Å². The molecule has 0 bridgehead atoms. The number of carbonyl (C=O) groups excluding carboxylic acids is 1. The Balaban J connectivity index is 2.51. The Morgan fingerprint density at radius 2 is 2.05 bits per heavy atom. The largest absolute Gasteiger partial charge is 0.389 e. The molecule has 19 heavy (non-hydrogen) atoms. The highest BCUT2D eigenvalue weighted by molar-refractivity contribution is 5.91. The van der Waals surface area contributed by atoms with Crippen LogP contribution in [-0.2, 0) is 9.53 Å². The van der Waals surface area contributed by atoms with E-state index in [0.29, 0.717) is 0 Å². The normalized spacial score (nSPS) is 12.6. The zero-order valence-electron chi connectivity index (χ0n) is 11.7. The Morgan fingerprint density at radius 1 is 1.42 bits per heavy atom. The molecule has 0 aliphatic carbocycles. The van der Waals surface area contributed by atoms with Gasteiger partial charge >= 0.3 is 0 Å². The van der Waals surface area contributed by atoms with E-state index >= 15 is 0 Å². The first-order chi connectivity index (χ1) is 9.02. The minimum absolute atomic E-state index is 0.143. The first kappa shape index (κ1) is 15.4. The molecule has 1 amide bonds. The van der Waals surface area contributed by atoms with Crippen LogP contribution in [0.15, 0.2) is 30.3 Å². The molecule has 1 aromatic rings. The van der Waals surface area contributed by atoms with Crippen LogP contribution in [0.25, 0.3) is 6.08 Å². The van der Waals surface area contributed by atoms with Crippen molar-refractivity contribution in [1.29, 1.82) is 0 Å². The molecule has 1 rings (SSSR count). The van der Waals surface area contributed by atoms with Gasteiger partial charge in [0.05, 0.1) is 12.7 Å². The van der Waals surface area contributed by atoms with E-state index in [-0.39, 0.29) is 19.1 Å². The predicted molar refractivity (Wildman–Crippen MR) is 75.7 cm³/mol. The molecule has 0 aromatic heterocycles. The molecule has 4 nitrogen and oxygen atoms in total. The molecule has 1 N–H and O–H groups in total. The van der Waals surface area contributed by atoms with E-state index in [1.807, 2.05) is 31.2 Å². The second-order valence-corrected chi connectivity index (χ2v) is 4.57. The van der Waals surface area contributed by atoms with E-state index in [0.717, 1.165) is 5.56 Å². The Morgan fingerprint density at radius 3 is 2.63 bits per heavy atom. The summed E-state index contributed by atoms with van der Waals surface area (Å²) in [5.74, 6) is -0.143. The maximum atomic E-state index is 11.8. The number of benzene rings is 1. The second kappa shape index (κ2) is 7.71. The van der Waals surface area contributed by atoms with Gasteiger partial charge in [-0.1, -0.05) is 29.8 Å². The fourth-order valence-corrected chi connectivity index (χ4v) is 1.62. The minimum Gasteiger partial charge on any atom is -0.389 e. The van der Waals surface area contributed by atoms with Crippen LogP contribution in [0.3, 0.4) is 0 Å². The number of aliphatic hydroxyl groups is 1. The van der Waals surface area contributed by atoms with Crippen LogP contribution in [-0.4, -0.2) is 49.3 Å².